The molecule has 7 nitrogen and oxygen atoms in total. The van der Waals surface area contributed by atoms with Gasteiger partial charge in [-0.05, 0) is 35.1 Å². The van der Waals surface area contributed by atoms with Gasteiger partial charge >= 0.3 is 0 Å². The highest BCUT2D eigenvalue weighted by atomic mass is 35.6. The Kier molecular flexibility index (Phi) is 7.17. The summed E-state index contributed by atoms with van der Waals surface area (Å²) in [4.78, 5) is 23.5. The van der Waals surface area contributed by atoms with E-state index in [9.17, 15) is 14.9 Å². The lowest BCUT2D eigenvalue weighted by Gasteiger charge is -2.28. The van der Waals surface area contributed by atoms with E-state index >= 15 is 0 Å². The zero-order valence-corrected chi connectivity index (χ0v) is 18.7. The maximum absolute atomic E-state index is 12.9. The lowest BCUT2D eigenvalue weighted by Crippen LogP contribution is -2.56. The summed E-state index contributed by atoms with van der Waals surface area (Å²) in [6.07, 6.45) is -1.23. The molecule has 0 saturated heterocycles. The molecule has 1 amide bonds. The second-order valence-electron chi connectivity index (χ2n) is 6.35. The number of thiocarbonyl (C=S) groups is 1. The highest BCUT2D eigenvalue weighted by Crippen LogP contribution is 2.30. The van der Waals surface area contributed by atoms with Crippen molar-refractivity contribution in [1.82, 2.24) is 10.6 Å². The Morgan fingerprint density at radius 3 is 2.32 bits per heavy atom. The van der Waals surface area contributed by atoms with E-state index < -0.39 is 20.8 Å². The Labute approximate surface area is 197 Å². The van der Waals surface area contributed by atoms with Crippen molar-refractivity contribution in [2.24, 2.45) is 0 Å². The van der Waals surface area contributed by atoms with Gasteiger partial charge in [0.1, 0.15) is 11.9 Å². The summed E-state index contributed by atoms with van der Waals surface area (Å²) in [7, 11) is 0. The molecule has 31 heavy (non-hydrogen) atoms. The molecular formula is C20H15Cl3N4O3S. The van der Waals surface area contributed by atoms with E-state index in [0.717, 1.165) is 10.8 Å². The van der Waals surface area contributed by atoms with Gasteiger partial charge in [0.15, 0.2) is 5.11 Å². The average molecular weight is 498 g/mol. The van der Waals surface area contributed by atoms with Crippen molar-refractivity contribution in [3.8, 4) is 0 Å². The minimum absolute atomic E-state index is 0.0798. The summed E-state index contributed by atoms with van der Waals surface area (Å²) >= 11 is 23.3. The number of fused-ring (bicyclic) bond motifs is 1. The first kappa shape index (κ1) is 23.0. The molecule has 1 unspecified atom stereocenters. The first-order valence-electron chi connectivity index (χ1n) is 8.83. The molecule has 0 aliphatic rings. The van der Waals surface area contributed by atoms with Crippen molar-refractivity contribution in [2.45, 2.75) is 9.96 Å². The van der Waals surface area contributed by atoms with Crippen molar-refractivity contribution >= 4 is 80.2 Å². The lowest BCUT2D eigenvalue weighted by molar-refractivity contribution is -0.383. The van der Waals surface area contributed by atoms with Crippen LogP contribution in [-0.2, 0) is 0 Å². The van der Waals surface area contributed by atoms with Crippen LogP contribution in [0.4, 0.5) is 11.4 Å². The molecule has 11 heteroatoms. The molecule has 0 radical (unpaired) electrons. The molecule has 0 aliphatic heterocycles. The smallest absolute Gasteiger partial charge is 0.292 e. The maximum atomic E-state index is 12.9. The predicted octanol–water partition coefficient (Wildman–Crippen LogP) is 5.16. The number of nitrogens with one attached hydrogen (secondary N) is 3. The number of hydrogen-bond acceptors (Lipinski definition) is 4. The summed E-state index contributed by atoms with van der Waals surface area (Å²) in [6, 6.07) is 18.6. The third-order valence-electron chi connectivity index (χ3n) is 4.26. The van der Waals surface area contributed by atoms with E-state index in [1.807, 2.05) is 30.3 Å². The van der Waals surface area contributed by atoms with E-state index in [4.69, 9.17) is 47.0 Å². The number of carbonyl (C=O) groups is 1. The molecule has 3 N–H and O–H groups in total. The van der Waals surface area contributed by atoms with Gasteiger partial charge in [-0.2, -0.15) is 0 Å². The minimum Gasteiger partial charge on any atom is -0.339 e. The maximum Gasteiger partial charge on any atom is 0.292 e. The Morgan fingerprint density at radius 2 is 1.61 bits per heavy atom. The highest BCUT2D eigenvalue weighted by molar-refractivity contribution is 7.80. The number of benzene rings is 3. The predicted molar refractivity (Wildman–Crippen MR) is 128 cm³/mol. The summed E-state index contributed by atoms with van der Waals surface area (Å²) < 4.78 is -1.98. The molecule has 0 spiro atoms. The lowest BCUT2D eigenvalue weighted by atomic mass is 10.0. The third-order valence-corrected chi connectivity index (χ3v) is 5.14. The van der Waals surface area contributed by atoms with Crippen molar-refractivity contribution in [3.63, 3.8) is 0 Å². The summed E-state index contributed by atoms with van der Waals surface area (Å²) in [5.41, 5.74) is 0.349. The van der Waals surface area contributed by atoms with Crippen LogP contribution in [0, 0.1) is 10.1 Å². The number of nitro groups is 1. The Hall–Kier alpha value is -2.65. The minimum atomic E-state index is -1.98. The van der Waals surface area contributed by atoms with Crippen LogP contribution in [0.15, 0.2) is 66.7 Å². The molecule has 160 valence electrons. The standard InChI is InChI=1S/C20H15Cl3N4O3S/c21-20(22,23)18(26-19(31)24-15-10-3-4-11-16(15)27(29)30)25-17(28)14-9-5-7-12-6-1-2-8-13(12)14/h1-11,18H,(H,25,28)(H2,24,26,31). The molecule has 3 rings (SSSR count). The van der Waals surface area contributed by atoms with Gasteiger partial charge in [-0.25, -0.2) is 0 Å². The molecule has 0 heterocycles. The number of carbonyl (C=O) groups excluding carboxylic acids is 1. The number of amides is 1. The molecule has 0 aliphatic carbocycles. The largest absolute Gasteiger partial charge is 0.339 e. The number of alkyl halides is 3. The fraction of sp³-hybridized carbons (Fsp3) is 0.100. The van der Waals surface area contributed by atoms with Gasteiger partial charge in [-0.1, -0.05) is 83.3 Å². The average Bonchev–Trinajstić information content (AvgIpc) is 2.72. The van der Waals surface area contributed by atoms with Gasteiger partial charge < -0.3 is 16.0 Å². The first-order chi connectivity index (χ1) is 14.7. The molecule has 0 bridgehead atoms. The number of rotatable bonds is 5. The second kappa shape index (κ2) is 9.65. The van der Waals surface area contributed by atoms with Crippen LogP contribution in [0.3, 0.4) is 0 Å². The van der Waals surface area contributed by atoms with E-state index in [2.05, 4.69) is 16.0 Å². The molecule has 0 fully saturated rings. The van der Waals surface area contributed by atoms with Crippen LogP contribution in [0.25, 0.3) is 10.8 Å². The second-order valence-corrected chi connectivity index (χ2v) is 9.12. The molecular weight excluding hydrogens is 483 g/mol. The van der Waals surface area contributed by atoms with Gasteiger partial charge in [0, 0.05) is 11.6 Å². The fourth-order valence-electron chi connectivity index (χ4n) is 2.86. The Balaban J connectivity index is 1.79. The van der Waals surface area contributed by atoms with Crippen LogP contribution in [0.5, 0.6) is 0 Å². The van der Waals surface area contributed by atoms with Crippen LogP contribution < -0.4 is 16.0 Å². The number of anilines is 1. The molecule has 3 aromatic rings. The van der Waals surface area contributed by atoms with Crippen LogP contribution >= 0.6 is 47.0 Å². The van der Waals surface area contributed by atoms with Crippen LogP contribution in [-0.4, -0.2) is 25.9 Å². The van der Waals surface area contributed by atoms with Gasteiger partial charge in [0.05, 0.1) is 4.92 Å². The number of halogens is 3. The highest BCUT2D eigenvalue weighted by Gasteiger charge is 2.35. The first-order valence-corrected chi connectivity index (χ1v) is 10.4. The fourth-order valence-corrected chi connectivity index (χ4v) is 3.42. The normalized spacial score (nSPS) is 12.1. The van der Waals surface area contributed by atoms with Crippen molar-refractivity contribution in [3.05, 3.63) is 82.4 Å². The van der Waals surface area contributed by atoms with Crippen molar-refractivity contribution in [1.29, 1.82) is 0 Å². The van der Waals surface area contributed by atoms with Crippen molar-refractivity contribution < 1.29 is 9.72 Å². The molecule has 0 saturated carbocycles. The molecule has 1 atom stereocenters. The topological polar surface area (TPSA) is 96.3 Å². The Bertz CT molecular complexity index is 1150. The molecule has 0 aromatic heterocycles. The quantitative estimate of drug-likeness (QED) is 0.148. The summed E-state index contributed by atoms with van der Waals surface area (Å²) in [5.74, 6) is -0.492. The number of para-hydroxylation sites is 2. The van der Waals surface area contributed by atoms with Gasteiger partial charge in [0.2, 0.25) is 3.79 Å². The van der Waals surface area contributed by atoms with E-state index in [0.29, 0.717) is 5.56 Å². The van der Waals surface area contributed by atoms with Crippen LogP contribution in [0.2, 0.25) is 0 Å². The van der Waals surface area contributed by atoms with Gasteiger partial charge in [-0.15, -0.1) is 0 Å². The summed E-state index contributed by atoms with van der Waals surface area (Å²) in [5, 5.41) is 20.7. The van der Waals surface area contributed by atoms with Gasteiger partial charge in [0.25, 0.3) is 11.6 Å². The third kappa shape index (κ3) is 5.74. The summed E-state index contributed by atoms with van der Waals surface area (Å²) in [6.45, 7) is 0. The number of nitrogens with zero attached hydrogens (tertiary/aromatic N) is 1. The molecule has 3 aromatic carbocycles. The van der Waals surface area contributed by atoms with E-state index in [1.54, 1.807) is 18.2 Å². The van der Waals surface area contributed by atoms with Crippen molar-refractivity contribution in [2.75, 3.05) is 5.32 Å². The zero-order valence-electron chi connectivity index (χ0n) is 15.6. The number of hydrogen-bond donors (Lipinski definition) is 3. The van der Waals surface area contributed by atoms with E-state index in [1.165, 1.54) is 18.2 Å². The van der Waals surface area contributed by atoms with Gasteiger partial charge in [-0.3, -0.25) is 14.9 Å². The van der Waals surface area contributed by atoms with E-state index in [-0.39, 0.29) is 16.5 Å². The number of nitro benzene ring substituents is 1. The Morgan fingerprint density at radius 1 is 0.968 bits per heavy atom. The zero-order chi connectivity index (χ0) is 22.6. The monoisotopic (exact) mass is 496 g/mol. The SMILES string of the molecule is O=C(NC(NC(=S)Nc1ccccc1[N+](=O)[O-])C(Cl)(Cl)Cl)c1cccc2ccccc12. The van der Waals surface area contributed by atoms with Crippen LogP contribution in [0.1, 0.15) is 10.4 Å².